The molecule has 1 aliphatic rings. The Labute approximate surface area is 151 Å². The maximum Gasteiger partial charge on any atom is 0.333 e. The van der Waals surface area contributed by atoms with Gasteiger partial charge in [0.25, 0.3) is 0 Å². The minimum atomic E-state index is -2.69. The number of halogens is 2. The maximum absolute atomic E-state index is 12.8. The maximum atomic E-state index is 12.8. The molecule has 1 N–H and O–H groups in total. The highest BCUT2D eigenvalue weighted by Gasteiger charge is 2.28. The van der Waals surface area contributed by atoms with Gasteiger partial charge in [0.2, 0.25) is 5.91 Å². The van der Waals surface area contributed by atoms with E-state index in [0.717, 1.165) is 10.2 Å². The summed E-state index contributed by atoms with van der Waals surface area (Å²) in [6.07, 6.45) is 2.96. The Balaban J connectivity index is 1.67. The molecule has 0 aliphatic carbocycles. The number of rotatable bonds is 5. The van der Waals surface area contributed by atoms with Crippen LogP contribution in [0.2, 0.25) is 0 Å². The van der Waals surface area contributed by atoms with Gasteiger partial charge in [-0.05, 0) is 24.6 Å². The Hall–Kier alpha value is -2.55. The lowest BCUT2D eigenvalue weighted by Gasteiger charge is -2.20. The molecule has 26 heavy (non-hydrogen) atoms. The van der Waals surface area contributed by atoms with E-state index in [0.29, 0.717) is 34.5 Å². The molecule has 1 amide bonds. The van der Waals surface area contributed by atoms with Crippen LogP contribution in [0.4, 0.5) is 8.78 Å². The fourth-order valence-corrected chi connectivity index (χ4v) is 3.77. The lowest BCUT2D eigenvalue weighted by molar-refractivity contribution is -0.119. The quantitative estimate of drug-likeness (QED) is 0.738. The van der Waals surface area contributed by atoms with E-state index >= 15 is 0 Å². The largest absolute Gasteiger partial charge is 0.489 e. The zero-order valence-electron chi connectivity index (χ0n) is 13.9. The van der Waals surface area contributed by atoms with Crippen molar-refractivity contribution in [2.24, 2.45) is 5.92 Å². The van der Waals surface area contributed by atoms with Gasteiger partial charge in [0, 0.05) is 30.6 Å². The van der Waals surface area contributed by atoms with Crippen molar-refractivity contribution < 1.29 is 18.3 Å². The van der Waals surface area contributed by atoms with Gasteiger partial charge in [0.1, 0.15) is 11.9 Å². The Morgan fingerprint density at radius 1 is 1.38 bits per heavy atom. The second kappa shape index (κ2) is 6.64. The van der Waals surface area contributed by atoms with Crippen LogP contribution in [0, 0.1) is 5.92 Å². The predicted octanol–water partition coefficient (Wildman–Crippen LogP) is 3.46. The third-order valence-corrected chi connectivity index (χ3v) is 5.37. The van der Waals surface area contributed by atoms with Crippen LogP contribution in [0.15, 0.2) is 30.0 Å². The average Bonchev–Trinajstić information content (AvgIpc) is 3.34. The molecule has 3 heterocycles. The van der Waals surface area contributed by atoms with E-state index in [4.69, 9.17) is 4.74 Å². The van der Waals surface area contributed by atoms with Crippen LogP contribution in [0.5, 0.6) is 5.75 Å². The summed E-state index contributed by atoms with van der Waals surface area (Å²) in [4.78, 5) is 15.8. The van der Waals surface area contributed by atoms with E-state index in [9.17, 15) is 13.6 Å². The van der Waals surface area contributed by atoms with Gasteiger partial charge in [-0.2, -0.15) is 13.9 Å². The number of carbonyl (C=O) groups excluding carboxylic acids is 1. The molecule has 9 heteroatoms. The van der Waals surface area contributed by atoms with E-state index in [2.05, 4.69) is 15.4 Å². The molecule has 1 aromatic carbocycles. The summed E-state index contributed by atoms with van der Waals surface area (Å²) in [6, 6.07) is 3.64. The molecule has 0 radical (unpaired) electrons. The SMILES string of the molecule is C[C@@H](Oc1cc(-c2cnn(C(F)F)c2)cc2ncsc12)C1CNC(=O)C1. The molecule has 2 atom stereocenters. The van der Waals surface area contributed by atoms with E-state index in [1.807, 2.05) is 19.1 Å². The molecule has 3 aromatic rings. The molecule has 2 aromatic heterocycles. The monoisotopic (exact) mass is 378 g/mol. The van der Waals surface area contributed by atoms with Gasteiger partial charge in [-0.1, -0.05) is 0 Å². The lowest BCUT2D eigenvalue weighted by Crippen LogP contribution is -2.25. The lowest BCUT2D eigenvalue weighted by atomic mass is 10.0. The number of hydrogen-bond donors (Lipinski definition) is 1. The molecule has 0 spiro atoms. The Kier molecular flexibility index (Phi) is 4.31. The van der Waals surface area contributed by atoms with E-state index < -0.39 is 6.55 Å². The number of nitrogens with zero attached hydrogens (tertiary/aromatic N) is 3. The zero-order chi connectivity index (χ0) is 18.3. The second-order valence-electron chi connectivity index (χ2n) is 6.25. The minimum absolute atomic E-state index is 0.0292. The highest BCUT2D eigenvalue weighted by atomic mass is 32.1. The van der Waals surface area contributed by atoms with Crippen LogP contribution >= 0.6 is 11.3 Å². The van der Waals surface area contributed by atoms with Crippen LogP contribution in [0.1, 0.15) is 19.9 Å². The summed E-state index contributed by atoms with van der Waals surface area (Å²) in [6.45, 7) is -0.165. The van der Waals surface area contributed by atoms with Crippen molar-refractivity contribution in [3.8, 4) is 16.9 Å². The predicted molar refractivity (Wildman–Crippen MR) is 93.3 cm³/mol. The first-order valence-corrected chi connectivity index (χ1v) is 9.02. The normalized spacial score (nSPS) is 18.5. The number of hydrogen-bond acceptors (Lipinski definition) is 5. The first-order chi connectivity index (χ1) is 12.5. The van der Waals surface area contributed by atoms with Crippen molar-refractivity contribution in [2.75, 3.05) is 6.54 Å². The summed E-state index contributed by atoms with van der Waals surface area (Å²) in [7, 11) is 0. The summed E-state index contributed by atoms with van der Waals surface area (Å²) in [5.41, 5.74) is 3.73. The molecule has 4 rings (SSSR count). The standard InChI is InChI=1S/C17H16F2N4O2S/c1-9(11-4-15(24)20-5-11)25-14-3-10(2-13-16(14)26-8-21-13)12-6-22-23(7-12)17(18)19/h2-3,6-9,11,17H,4-5H2,1H3,(H,20,24)/t9-,11?/m1/s1. The van der Waals surface area contributed by atoms with Crippen molar-refractivity contribution >= 4 is 27.5 Å². The average molecular weight is 378 g/mol. The van der Waals surface area contributed by atoms with Gasteiger partial charge < -0.3 is 10.1 Å². The summed E-state index contributed by atoms with van der Waals surface area (Å²) < 4.78 is 33.2. The van der Waals surface area contributed by atoms with Crippen molar-refractivity contribution in [1.29, 1.82) is 0 Å². The van der Waals surface area contributed by atoms with Crippen LogP contribution in [0.25, 0.3) is 21.3 Å². The number of aromatic nitrogens is 3. The van der Waals surface area contributed by atoms with Gasteiger partial charge in [-0.25, -0.2) is 9.67 Å². The summed E-state index contributed by atoms with van der Waals surface area (Å²) >= 11 is 1.45. The Morgan fingerprint density at radius 2 is 2.23 bits per heavy atom. The van der Waals surface area contributed by atoms with Crippen LogP contribution in [0.3, 0.4) is 0 Å². The zero-order valence-corrected chi connectivity index (χ0v) is 14.7. The van der Waals surface area contributed by atoms with Crippen LogP contribution < -0.4 is 10.1 Å². The fraction of sp³-hybridized carbons (Fsp3) is 0.353. The van der Waals surface area contributed by atoms with Crippen molar-refractivity contribution in [2.45, 2.75) is 26.0 Å². The molecule has 0 bridgehead atoms. The van der Waals surface area contributed by atoms with Crippen molar-refractivity contribution in [3.63, 3.8) is 0 Å². The Morgan fingerprint density at radius 3 is 2.92 bits per heavy atom. The van der Waals surface area contributed by atoms with Crippen LogP contribution in [-0.2, 0) is 4.79 Å². The molecular formula is C17H16F2N4O2S. The molecule has 0 saturated carbocycles. The number of carbonyl (C=O) groups is 1. The van der Waals surface area contributed by atoms with Crippen molar-refractivity contribution in [3.05, 3.63) is 30.0 Å². The first-order valence-electron chi connectivity index (χ1n) is 8.14. The number of benzene rings is 1. The van der Waals surface area contributed by atoms with Gasteiger partial charge in [0.15, 0.2) is 0 Å². The number of nitrogens with one attached hydrogen (secondary N) is 1. The molecule has 136 valence electrons. The Bertz CT molecular complexity index is 955. The second-order valence-corrected chi connectivity index (χ2v) is 7.11. The molecule has 6 nitrogen and oxygen atoms in total. The molecule has 1 unspecified atom stereocenters. The number of thiazole rings is 1. The summed E-state index contributed by atoms with van der Waals surface area (Å²) in [5.74, 6) is 0.758. The highest BCUT2D eigenvalue weighted by molar-refractivity contribution is 7.17. The highest BCUT2D eigenvalue weighted by Crippen LogP contribution is 2.36. The van der Waals surface area contributed by atoms with Gasteiger partial charge in [0.05, 0.1) is 21.9 Å². The molecule has 1 fully saturated rings. The first kappa shape index (κ1) is 16.9. The number of fused-ring (bicyclic) bond motifs is 1. The third-order valence-electron chi connectivity index (χ3n) is 4.52. The number of ether oxygens (including phenoxy) is 1. The number of amides is 1. The topological polar surface area (TPSA) is 69.0 Å². The molecular weight excluding hydrogens is 362 g/mol. The minimum Gasteiger partial charge on any atom is -0.489 e. The van der Waals surface area contributed by atoms with Gasteiger partial charge >= 0.3 is 6.55 Å². The van der Waals surface area contributed by atoms with Gasteiger partial charge in [-0.3, -0.25) is 4.79 Å². The fourth-order valence-electron chi connectivity index (χ4n) is 3.04. The summed E-state index contributed by atoms with van der Waals surface area (Å²) in [5, 5.41) is 6.49. The van der Waals surface area contributed by atoms with E-state index in [-0.39, 0.29) is 17.9 Å². The third kappa shape index (κ3) is 3.14. The molecule has 1 aliphatic heterocycles. The van der Waals surface area contributed by atoms with E-state index in [1.54, 1.807) is 5.51 Å². The number of alkyl halides is 2. The smallest absolute Gasteiger partial charge is 0.333 e. The van der Waals surface area contributed by atoms with Gasteiger partial charge in [-0.15, -0.1) is 11.3 Å². The molecule has 1 saturated heterocycles. The van der Waals surface area contributed by atoms with E-state index in [1.165, 1.54) is 23.7 Å². The van der Waals surface area contributed by atoms with Crippen molar-refractivity contribution in [1.82, 2.24) is 20.1 Å². The van der Waals surface area contributed by atoms with Crippen LogP contribution in [-0.4, -0.2) is 33.3 Å².